The minimum Gasteiger partial charge on any atom is -0.396 e. The van der Waals surface area contributed by atoms with Crippen molar-refractivity contribution in [1.82, 2.24) is 10.3 Å². The Bertz CT molecular complexity index is 348. The fourth-order valence-corrected chi connectivity index (χ4v) is 2.08. The summed E-state index contributed by atoms with van der Waals surface area (Å²) in [7, 11) is 0. The number of hydrogen-bond donors (Lipinski definition) is 2. The van der Waals surface area contributed by atoms with Crippen molar-refractivity contribution >= 4 is 0 Å². The topological polar surface area (TPSA) is 45.1 Å². The molecule has 3 heteroatoms. The van der Waals surface area contributed by atoms with Crippen molar-refractivity contribution in [2.45, 2.75) is 32.7 Å². The van der Waals surface area contributed by atoms with E-state index in [2.05, 4.69) is 10.3 Å². The molecule has 1 aliphatic carbocycles. The van der Waals surface area contributed by atoms with Crippen molar-refractivity contribution in [3.05, 3.63) is 29.6 Å². The van der Waals surface area contributed by atoms with E-state index in [0.717, 1.165) is 30.9 Å². The monoisotopic (exact) mass is 220 g/mol. The molecule has 0 bridgehead atoms. The summed E-state index contributed by atoms with van der Waals surface area (Å²) in [6.07, 6.45) is 3.44. The number of pyridine rings is 1. The third-order valence-corrected chi connectivity index (χ3v) is 3.35. The van der Waals surface area contributed by atoms with E-state index in [9.17, 15) is 0 Å². The molecule has 0 unspecified atom stereocenters. The van der Waals surface area contributed by atoms with E-state index in [1.165, 1.54) is 12.8 Å². The first-order valence-electron chi connectivity index (χ1n) is 5.98. The largest absolute Gasteiger partial charge is 0.396 e. The van der Waals surface area contributed by atoms with Crippen LogP contribution in [0.4, 0.5) is 0 Å². The van der Waals surface area contributed by atoms with Gasteiger partial charge in [-0.25, -0.2) is 0 Å². The van der Waals surface area contributed by atoms with E-state index in [0.29, 0.717) is 12.0 Å². The molecule has 0 saturated heterocycles. The van der Waals surface area contributed by atoms with Gasteiger partial charge in [-0.1, -0.05) is 6.07 Å². The number of hydrogen-bond acceptors (Lipinski definition) is 3. The van der Waals surface area contributed by atoms with Gasteiger partial charge in [-0.15, -0.1) is 0 Å². The predicted octanol–water partition coefficient (Wildman–Crippen LogP) is 1.64. The van der Waals surface area contributed by atoms with Crippen LogP contribution >= 0.6 is 0 Å². The summed E-state index contributed by atoms with van der Waals surface area (Å²) in [5.41, 5.74) is 2.55. The summed E-state index contributed by atoms with van der Waals surface area (Å²) in [4.78, 5) is 4.45. The lowest BCUT2D eigenvalue weighted by Crippen LogP contribution is -2.24. The Morgan fingerprint density at radius 3 is 2.88 bits per heavy atom. The summed E-state index contributed by atoms with van der Waals surface area (Å²) in [5.74, 6) is 0. The highest BCUT2D eigenvalue weighted by molar-refractivity contribution is 5.09. The Labute approximate surface area is 96.9 Å². The van der Waals surface area contributed by atoms with Crippen molar-refractivity contribution in [2.24, 2.45) is 5.41 Å². The van der Waals surface area contributed by atoms with Gasteiger partial charge in [0, 0.05) is 25.4 Å². The van der Waals surface area contributed by atoms with Crippen LogP contribution in [0.3, 0.4) is 0 Å². The zero-order valence-corrected chi connectivity index (χ0v) is 9.87. The van der Waals surface area contributed by atoms with Gasteiger partial charge in [0.2, 0.25) is 0 Å². The first-order chi connectivity index (χ1) is 7.74. The van der Waals surface area contributed by atoms with Gasteiger partial charge < -0.3 is 10.4 Å². The van der Waals surface area contributed by atoms with E-state index in [1.807, 2.05) is 25.1 Å². The molecule has 2 rings (SSSR count). The number of aliphatic hydroxyl groups excluding tert-OH is 1. The normalized spacial score (nSPS) is 17.4. The Morgan fingerprint density at radius 1 is 1.44 bits per heavy atom. The highest BCUT2D eigenvalue weighted by Gasteiger charge is 2.41. The molecule has 1 aliphatic rings. The van der Waals surface area contributed by atoms with Crippen LogP contribution in [0, 0.1) is 12.3 Å². The molecule has 0 radical (unpaired) electrons. The van der Waals surface area contributed by atoms with Crippen LogP contribution in [0.1, 0.15) is 30.7 Å². The molecule has 16 heavy (non-hydrogen) atoms. The summed E-state index contributed by atoms with van der Waals surface area (Å²) < 4.78 is 0. The van der Waals surface area contributed by atoms with Crippen molar-refractivity contribution < 1.29 is 5.11 Å². The second-order valence-corrected chi connectivity index (χ2v) is 4.85. The highest BCUT2D eigenvalue weighted by atomic mass is 16.3. The van der Waals surface area contributed by atoms with Gasteiger partial charge in [0.1, 0.15) is 0 Å². The number of nitrogens with one attached hydrogen (secondary N) is 1. The van der Waals surface area contributed by atoms with Crippen LogP contribution in [0.5, 0.6) is 0 Å². The zero-order valence-electron chi connectivity index (χ0n) is 9.87. The molecule has 1 saturated carbocycles. The van der Waals surface area contributed by atoms with E-state index in [-0.39, 0.29) is 0 Å². The predicted molar refractivity (Wildman–Crippen MR) is 64.1 cm³/mol. The first kappa shape index (κ1) is 11.6. The molecule has 0 spiro atoms. The van der Waals surface area contributed by atoms with Crippen LogP contribution in [0.2, 0.25) is 0 Å². The number of aromatic nitrogens is 1. The molecule has 1 fully saturated rings. The lowest BCUT2D eigenvalue weighted by atomic mass is 10.0. The van der Waals surface area contributed by atoms with Crippen LogP contribution in [0.25, 0.3) is 0 Å². The maximum atomic E-state index is 8.95. The smallest absolute Gasteiger partial charge is 0.0544 e. The maximum absolute atomic E-state index is 8.95. The lowest BCUT2D eigenvalue weighted by molar-refractivity contribution is 0.245. The molecule has 1 aromatic heterocycles. The number of aryl methyl sites for hydroxylation is 1. The number of aliphatic hydroxyl groups is 1. The minimum atomic E-state index is 0.310. The van der Waals surface area contributed by atoms with Crippen molar-refractivity contribution in [2.75, 3.05) is 13.2 Å². The van der Waals surface area contributed by atoms with Crippen molar-refractivity contribution in [3.8, 4) is 0 Å². The molecule has 0 aromatic carbocycles. The molecule has 0 atom stereocenters. The van der Waals surface area contributed by atoms with Crippen LogP contribution < -0.4 is 5.32 Å². The van der Waals surface area contributed by atoms with Crippen molar-refractivity contribution in [1.29, 1.82) is 0 Å². The van der Waals surface area contributed by atoms with Gasteiger partial charge in [-0.05, 0) is 43.7 Å². The fourth-order valence-electron chi connectivity index (χ4n) is 2.08. The Kier molecular flexibility index (Phi) is 3.56. The van der Waals surface area contributed by atoms with Crippen molar-refractivity contribution in [3.63, 3.8) is 0 Å². The van der Waals surface area contributed by atoms with Crippen LogP contribution in [-0.2, 0) is 6.54 Å². The van der Waals surface area contributed by atoms with Gasteiger partial charge in [0.05, 0.1) is 5.69 Å². The lowest BCUT2D eigenvalue weighted by Gasteiger charge is -2.14. The summed E-state index contributed by atoms with van der Waals surface area (Å²) >= 11 is 0. The van der Waals surface area contributed by atoms with Gasteiger partial charge in [0.15, 0.2) is 0 Å². The SMILES string of the molecule is Cc1cccc(CNCC2(CCO)CC2)n1. The first-order valence-corrected chi connectivity index (χ1v) is 5.98. The molecular formula is C13H20N2O. The molecule has 1 aromatic rings. The summed E-state index contributed by atoms with van der Waals surface area (Å²) in [6, 6.07) is 6.10. The molecule has 3 nitrogen and oxygen atoms in total. The average molecular weight is 220 g/mol. The molecule has 0 aliphatic heterocycles. The third-order valence-electron chi connectivity index (χ3n) is 3.35. The van der Waals surface area contributed by atoms with Gasteiger partial charge >= 0.3 is 0 Å². The third kappa shape index (κ3) is 3.03. The van der Waals surface area contributed by atoms with Gasteiger partial charge in [-0.2, -0.15) is 0 Å². The summed E-state index contributed by atoms with van der Waals surface area (Å²) in [6.45, 7) is 4.15. The standard InChI is InChI=1S/C13H20N2O/c1-11-3-2-4-12(15-11)9-14-10-13(5-6-13)7-8-16/h2-4,14,16H,5-10H2,1H3. The fraction of sp³-hybridized carbons (Fsp3) is 0.615. The molecular weight excluding hydrogens is 200 g/mol. The highest BCUT2D eigenvalue weighted by Crippen LogP contribution is 2.47. The second kappa shape index (κ2) is 4.93. The van der Waals surface area contributed by atoms with Gasteiger partial charge in [0.25, 0.3) is 0 Å². The van der Waals surface area contributed by atoms with E-state index >= 15 is 0 Å². The number of nitrogens with zero attached hydrogens (tertiary/aromatic N) is 1. The quantitative estimate of drug-likeness (QED) is 0.766. The van der Waals surface area contributed by atoms with Gasteiger partial charge in [-0.3, -0.25) is 4.98 Å². The minimum absolute atomic E-state index is 0.310. The van der Waals surface area contributed by atoms with E-state index in [1.54, 1.807) is 0 Å². The molecule has 2 N–H and O–H groups in total. The Balaban J connectivity index is 1.76. The Morgan fingerprint density at radius 2 is 2.25 bits per heavy atom. The van der Waals surface area contributed by atoms with Crippen LogP contribution in [0.15, 0.2) is 18.2 Å². The second-order valence-electron chi connectivity index (χ2n) is 4.85. The molecule has 0 amide bonds. The number of rotatable bonds is 6. The van der Waals surface area contributed by atoms with E-state index in [4.69, 9.17) is 5.11 Å². The zero-order chi connectivity index (χ0) is 11.4. The molecule has 1 heterocycles. The van der Waals surface area contributed by atoms with E-state index < -0.39 is 0 Å². The Hall–Kier alpha value is -0.930. The summed E-state index contributed by atoms with van der Waals surface area (Å²) in [5, 5.41) is 12.4. The average Bonchev–Trinajstić information content (AvgIpc) is 2.99. The molecule has 88 valence electrons. The maximum Gasteiger partial charge on any atom is 0.0544 e. The van der Waals surface area contributed by atoms with Crippen LogP contribution in [-0.4, -0.2) is 23.2 Å².